The Bertz CT molecular complexity index is 671. The minimum absolute atomic E-state index is 0.0111. The van der Waals surface area contributed by atoms with Crippen molar-refractivity contribution in [1.82, 2.24) is 10.2 Å². The van der Waals surface area contributed by atoms with Crippen molar-refractivity contribution in [2.75, 3.05) is 17.3 Å². The van der Waals surface area contributed by atoms with Gasteiger partial charge in [-0.05, 0) is 36.9 Å². The van der Waals surface area contributed by atoms with Crippen LogP contribution in [0.3, 0.4) is 0 Å². The zero-order valence-electron chi connectivity index (χ0n) is 12.9. The van der Waals surface area contributed by atoms with E-state index in [-0.39, 0.29) is 11.7 Å². The smallest absolute Gasteiger partial charge is 0.224 e. The van der Waals surface area contributed by atoms with Gasteiger partial charge in [-0.3, -0.25) is 9.59 Å². The molecule has 0 aliphatic heterocycles. The van der Waals surface area contributed by atoms with Crippen LogP contribution in [-0.4, -0.2) is 33.9 Å². The SMILES string of the molecule is CCCC(=O)Nc1ccc(C(=O)CSc2nnc(SC)s2)cc1. The minimum atomic E-state index is -0.0111. The van der Waals surface area contributed by atoms with Crippen molar-refractivity contribution in [1.29, 1.82) is 0 Å². The number of nitrogens with zero attached hydrogens (tertiary/aromatic N) is 2. The van der Waals surface area contributed by atoms with Gasteiger partial charge in [0.25, 0.3) is 0 Å². The predicted molar refractivity (Wildman–Crippen MR) is 96.7 cm³/mol. The number of ketones is 1. The summed E-state index contributed by atoms with van der Waals surface area (Å²) in [4.78, 5) is 23.7. The van der Waals surface area contributed by atoms with Gasteiger partial charge in [0.1, 0.15) is 0 Å². The van der Waals surface area contributed by atoms with Crippen LogP contribution in [0.4, 0.5) is 5.69 Å². The summed E-state index contributed by atoms with van der Waals surface area (Å²) in [6.45, 7) is 1.96. The van der Waals surface area contributed by atoms with Crippen LogP contribution in [0.25, 0.3) is 0 Å². The summed E-state index contributed by atoms with van der Waals surface area (Å²) in [6.07, 6.45) is 3.25. The normalized spacial score (nSPS) is 10.5. The highest BCUT2D eigenvalue weighted by atomic mass is 32.2. The molecule has 0 aliphatic carbocycles. The van der Waals surface area contributed by atoms with E-state index in [1.54, 1.807) is 36.0 Å². The van der Waals surface area contributed by atoms with Gasteiger partial charge in [0.2, 0.25) is 5.91 Å². The number of Topliss-reactive ketones (excluding diaryl/α,β-unsaturated/α-hetero) is 1. The highest BCUT2D eigenvalue weighted by molar-refractivity contribution is 8.03. The predicted octanol–water partition coefficient (Wildman–Crippen LogP) is 3.97. The van der Waals surface area contributed by atoms with Crippen molar-refractivity contribution in [2.24, 2.45) is 0 Å². The van der Waals surface area contributed by atoms with Gasteiger partial charge >= 0.3 is 0 Å². The molecule has 1 aromatic carbocycles. The van der Waals surface area contributed by atoms with Crippen LogP contribution in [0.15, 0.2) is 32.9 Å². The molecule has 0 atom stereocenters. The largest absolute Gasteiger partial charge is 0.326 e. The van der Waals surface area contributed by atoms with E-state index in [1.165, 1.54) is 23.1 Å². The highest BCUT2D eigenvalue weighted by Gasteiger charge is 2.10. The first-order valence-electron chi connectivity index (χ1n) is 7.05. The van der Waals surface area contributed by atoms with Crippen LogP contribution in [0.2, 0.25) is 0 Å². The van der Waals surface area contributed by atoms with Gasteiger partial charge in [0.15, 0.2) is 14.5 Å². The summed E-state index contributed by atoms with van der Waals surface area (Å²) >= 11 is 4.42. The van der Waals surface area contributed by atoms with Crippen LogP contribution >= 0.6 is 34.9 Å². The van der Waals surface area contributed by atoms with Crippen molar-refractivity contribution in [2.45, 2.75) is 28.4 Å². The molecule has 1 aromatic heterocycles. The lowest BCUT2D eigenvalue weighted by Crippen LogP contribution is -2.10. The number of thioether (sulfide) groups is 2. The third-order valence-corrected chi connectivity index (χ3v) is 5.89. The first kappa shape index (κ1) is 18.0. The Labute approximate surface area is 147 Å². The third kappa shape index (κ3) is 5.63. The number of amides is 1. The Morgan fingerprint density at radius 2 is 1.87 bits per heavy atom. The zero-order valence-corrected chi connectivity index (χ0v) is 15.3. The van der Waals surface area contributed by atoms with Crippen molar-refractivity contribution >= 4 is 52.2 Å². The molecule has 1 N–H and O–H groups in total. The maximum Gasteiger partial charge on any atom is 0.224 e. The summed E-state index contributed by atoms with van der Waals surface area (Å²) in [5.41, 5.74) is 1.34. The number of carbonyl (C=O) groups is 2. The molecular formula is C15H17N3O2S3. The molecule has 5 nitrogen and oxygen atoms in total. The van der Waals surface area contributed by atoms with Gasteiger partial charge < -0.3 is 5.32 Å². The molecule has 8 heteroatoms. The van der Waals surface area contributed by atoms with Gasteiger partial charge in [-0.1, -0.05) is 41.8 Å². The van der Waals surface area contributed by atoms with E-state index in [2.05, 4.69) is 15.5 Å². The second kappa shape index (κ2) is 9.05. The second-order valence-corrected chi connectivity index (χ2v) is 7.88. The average Bonchev–Trinajstić information content (AvgIpc) is 3.01. The van der Waals surface area contributed by atoms with E-state index in [4.69, 9.17) is 0 Å². The van der Waals surface area contributed by atoms with E-state index in [0.717, 1.165) is 15.1 Å². The lowest BCUT2D eigenvalue weighted by atomic mass is 10.1. The number of hydrogen-bond acceptors (Lipinski definition) is 7. The molecule has 0 fully saturated rings. The minimum Gasteiger partial charge on any atom is -0.326 e. The average molecular weight is 368 g/mol. The summed E-state index contributed by atoms with van der Waals surface area (Å²) < 4.78 is 1.69. The third-order valence-electron chi connectivity index (χ3n) is 2.86. The number of aromatic nitrogens is 2. The molecule has 2 aromatic rings. The molecule has 0 radical (unpaired) electrons. The Morgan fingerprint density at radius 3 is 2.48 bits per heavy atom. The van der Waals surface area contributed by atoms with Gasteiger partial charge in [-0.25, -0.2) is 0 Å². The van der Waals surface area contributed by atoms with Crippen molar-refractivity contribution in [3.8, 4) is 0 Å². The summed E-state index contributed by atoms with van der Waals surface area (Å²) in [5.74, 6) is 0.343. The van der Waals surface area contributed by atoms with E-state index in [1.807, 2.05) is 13.2 Å². The Morgan fingerprint density at radius 1 is 1.17 bits per heavy atom. The number of nitrogens with one attached hydrogen (secondary N) is 1. The highest BCUT2D eigenvalue weighted by Crippen LogP contribution is 2.27. The molecule has 0 aliphatic rings. The molecule has 0 spiro atoms. The summed E-state index contributed by atoms with van der Waals surface area (Å²) in [5, 5.41) is 10.8. The maximum absolute atomic E-state index is 12.2. The van der Waals surface area contributed by atoms with Gasteiger partial charge in [-0.2, -0.15) is 0 Å². The fourth-order valence-corrected chi connectivity index (χ4v) is 4.07. The van der Waals surface area contributed by atoms with Gasteiger partial charge in [0.05, 0.1) is 5.75 Å². The Kier molecular flexibility index (Phi) is 7.07. The number of hydrogen-bond donors (Lipinski definition) is 1. The molecule has 2 rings (SSSR count). The number of benzene rings is 1. The maximum atomic E-state index is 12.2. The monoisotopic (exact) mass is 367 g/mol. The first-order chi connectivity index (χ1) is 11.1. The lowest BCUT2D eigenvalue weighted by Gasteiger charge is -2.05. The Balaban J connectivity index is 1.88. The van der Waals surface area contributed by atoms with E-state index in [9.17, 15) is 9.59 Å². The zero-order chi connectivity index (χ0) is 16.7. The molecule has 1 amide bonds. The van der Waals surface area contributed by atoms with Crippen molar-refractivity contribution < 1.29 is 9.59 Å². The lowest BCUT2D eigenvalue weighted by molar-refractivity contribution is -0.116. The number of carbonyl (C=O) groups excluding carboxylic acids is 2. The summed E-state index contributed by atoms with van der Waals surface area (Å²) in [7, 11) is 0. The molecule has 1 heterocycles. The molecular weight excluding hydrogens is 350 g/mol. The first-order valence-corrected chi connectivity index (χ1v) is 10.1. The molecule has 0 unspecified atom stereocenters. The molecule has 0 saturated carbocycles. The standard InChI is InChI=1S/C15H17N3O2S3/c1-3-4-13(20)16-11-7-5-10(6-8-11)12(19)9-22-15-18-17-14(21-2)23-15/h5-8H,3-4,9H2,1-2H3,(H,16,20). The fraction of sp³-hybridized carbons (Fsp3) is 0.333. The fourth-order valence-electron chi connectivity index (χ4n) is 1.74. The van der Waals surface area contributed by atoms with Crippen LogP contribution in [0.5, 0.6) is 0 Å². The van der Waals surface area contributed by atoms with Crippen molar-refractivity contribution in [3.63, 3.8) is 0 Å². The van der Waals surface area contributed by atoms with Crippen LogP contribution in [0.1, 0.15) is 30.1 Å². The van der Waals surface area contributed by atoms with Crippen LogP contribution < -0.4 is 5.32 Å². The summed E-state index contributed by atoms with van der Waals surface area (Å²) in [6, 6.07) is 6.97. The number of rotatable bonds is 8. The Hall–Kier alpha value is -1.38. The molecule has 122 valence electrons. The van der Waals surface area contributed by atoms with E-state index < -0.39 is 0 Å². The van der Waals surface area contributed by atoms with E-state index >= 15 is 0 Å². The topological polar surface area (TPSA) is 72.0 Å². The van der Waals surface area contributed by atoms with E-state index in [0.29, 0.717) is 23.4 Å². The quantitative estimate of drug-likeness (QED) is 0.562. The molecule has 23 heavy (non-hydrogen) atoms. The van der Waals surface area contributed by atoms with Crippen LogP contribution in [-0.2, 0) is 4.79 Å². The second-order valence-electron chi connectivity index (χ2n) is 4.63. The van der Waals surface area contributed by atoms with Gasteiger partial charge in [-0.15, -0.1) is 10.2 Å². The molecule has 0 bridgehead atoms. The van der Waals surface area contributed by atoms with Gasteiger partial charge in [0, 0.05) is 17.7 Å². The van der Waals surface area contributed by atoms with Crippen molar-refractivity contribution in [3.05, 3.63) is 29.8 Å². The van der Waals surface area contributed by atoms with Crippen LogP contribution in [0, 0.1) is 0 Å². The number of anilines is 1. The molecule has 0 saturated heterocycles.